The monoisotopic (exact) mass is 468 g/mol. The summed E-state index contributed by atoms with van der Waals surface area (Å²) >= 11 is 10.9. The number of amides is 1. The molecule has 0 aliphatic rings. The van der Waals surface area contributed by atoms with Crippen molar-refractivity contribution in [3.05, 3.63) is 93.9 Å². The van der Waals surface area contributed by atoms with Crippen molar-refractivity contribution in [1.29, 1.82) is 0 Å². The molecule has 1 aromatic heterocycles. The molecular weight excluding hydrogens is 456 g/mol. The van der Waals surface area contributed by atoms with E-state index in [1.165, 1.54) is 11.3 Å². The zero-order valence-electron chi connectivity index (χ0n) is 14.5. The van der Waals surface area contributed by atoms with Crippen molar-refractivity contribution in [2.45, 2.75) is 0 Å². The molecule has 1 amide bonds. The van der Waals surface area contributed by atoms with Gasteiger partial charge in [0.1, 0.15) is 0 Å². The lowest BCUT2D eigenvalue weighted by Crippen LogP contribution is -2.11. The quantitative estimate of drug-likeness (QED) is 0.345. The predicted octanol–water partition coefficient (Wildman–Crippen LogP) is 7.15. The van der Waals surface area contributed by atoms with E-state index in [-0.39, 0.29) is 5.91 Å². The number of carbonyl (C=O) groups excluding carboxylic acids is 1. The van der Waals surface area contributed by atoms with Gasteiger partial charge < -0.3 is 0 Å². The maximum absolute atomic E-state index is 12.6. The van der Waals surface area contributed by atoms with E-state index < -0.39 is 0 Å². The Kier molecular flexibility index (Phi) is 5.57. The Balaban J connectivity index is 1.73. The number of hydrogen-bond donors (Lipinski definition) is 1. The molecule has 0 saturated heterocycles. The van der Waals surface area contributed by atoms with E-state index in [0.717, 1.165) is 26.2 Å². The van der Waals surface area contributed by atoms with Crippen molar-refractivity contribution in [3.63, 3.8) is 0 Å². The lowest BCUT2D eigenvalue weighted by Gasteiger charge is -2.02. The number of nitrogens with one attached hydrogen (secondary N) is 1. The molecule has 1 N–H and O–H groups in total. The Labute approximate surface area is 180 Å². The largest absolute Gasteiger partial charge is 0.298 e. The van der Waals surface area contributed by atoms with Crippen molar-refractivity contribution in [1.82, 2.24) is 4.98 Å². The Morgan fingerprint density at radius 3 is 2.39 bits per heavy atom. The van der Waals surface area contributed by atoms with Gasteiger partial charge in [-0.25, -0.2) is 4.98 Å². The molecular formula is C22H14BrClN2OS. The molecule has 138 valence electrons. The molecule has 4 aromatic rings. The van der Waals surface area contributed by atoms with Crippen LogP contribution in [0.5, 0.6) is 0 Å². The third-order valence-electron chi connectivity index (χ3n) is 4.09. The van der Waals surface area contributed by atoms with Gasteiger partial charge in [0.25, 0.3) is 5.91 Å². The van der Waals surface area contributed by atoms with Crippen LogP contribution in [0.25, 0.3) is 21.7 Å². The number of halogens is 2. The molecule has 0 bridgehead atoms. The summed E-state index contributed by atoms with van der Waals surface area (Å²) in [6.07, 6.45) is 0. The molecule has 0 unspecified atom stereocenters. The van der Waals surface area contributed by atoms with Crippen LogP contribution in [-0.4, -0.2) is 10.9 Å². The van der Waals surface area contributed by atoms with Crippen molar-refractivity contribution in [2.75, 3.05) is 5.32 Å². The minimum atomic E-state index is -0.197. The van der Waals surface area contributed by atoms with Crippen LogP contribution in [-0.2, 0) is 0 Å². The van der Waals surface area contributed by atoms with Crippen molar-refractivity contribution in [2.24, 2.45) is 0 Å². The first-order chi connectivity index (χ1) is 13.6. The normalized spacial score (nSPS) is 10.6. The van der Waals surface area contributed by atoms with Gasteiger partial charge in [0.05, 0.1) is 10.6 Å². The van der Waals surface area contributed by atoms with Gasteiger partial charge in [-0.15, -0.1) is 0 Å². The first-order valence-electron chi connectivity index (χ1n) is 8.49. The maximum Gasteiger partial charge on any atom is 0.257 e. The average Bonchev–Trinajstić information content (AvgIpc) is 3.13. The predicted molar refractivity (Wildman–Crippen MR) is 120 cm³/mol. The molecule has 6 heteroatoms. The van der Waals surface area contributed by atoms with Crippen LogP contribution in [0.15, 0.2) is 83.3 Å². The molecule has 0 aliphatic carbocycles. The number of benzene rings is 3. The lowest BCUT2D eigenvalue weighted by molar-refractivity contribution is 0.102. The number of anilines is 1. The maximum atomic E-state index is 12.6. The number of hydrogen-bond acceptors (Lipinski definition) is 3. The topological polar surface area (TPSA) is 42.0 Å². The minimum absolute atomic E-state index is 0.197. The van der Waals surface area contributed by atoms with Crippen LogP contribution in [0.2, 0.25) is 5.02 Å². The molecule has 0 saturated carbocycles. The summed E-state index contributed by atoms with van der Waals surface area (Å²) < 4.78 is 0.853. The highest BCUT2D eigenvalue weighted by atomic mass is 79.9. The van der Waals surface area contributed by atoms with E-state index in [9.17, 15) is 4.79 Å². The summed E-state index contributed by atoms with van der Waals surface area (Å²) in [7, 11) is 0. The van der Waals surface area contributed by atoms with Gasteiger partial charge in [0.2, 0.25) is 0 Å². The number of thiazole rings is 1. The summed E-state index contributed by atoms with van der Waals surface area (Å²) in [6.45, 7) is 0. The second-order valence-corrected chi connectivity index (χ2v) is 8.39. The second-order valence-electron chi connectivity index (χ2n) is 6.03. The summed E-state index contributed by atoms with van der Waals surface area (Å²) in [4.78, 5) is 18.3. The SMILES string of the molecule is O=C(Nc1nc(-c2ccccc2)c(-c2ccc(Cl)cc2)s1)c1cccc(Br)c1. The first-order valence-corrected chi connectivity index (χ1v) is 10.5. The van der Waals surface area contributed by atoms with E-state index in [1.54, 1.807) is 12.1 Å². The smallest absolute Gasteiger partial charge is 0.257 e. The molecule has 1 heterocycles. The van der Waals surface area contributed by atoms with Crippen molar-refractivity contribution in [3.8, 4) is 21.7 Å². The van der Waals surface area contributed by atoms with E-state index in [2.05, 4.69) is 21.2 Å². The summed E-state index contributed by atoms with van der Waals surface area (Å²) in [5.41, 5.74) is 3.40. The standard InChI is InChI=1S/C22H14BrClN2OS/c23-17-8-4-7-16(13-17)21(27)26-22-25-19(14-5-2-1-3-6-14)20(28-22)15-9-11-18(24)12-10-15/h1-13H,(H,25,26,27). The minimum Gasteiger partial charge on any atom is -0.298 e. The second kappa shape index (κ2) is 8.27. The number of carbonyl (C=O) groups is 1. The Hall–Kier alpha value is -2.47. The van der Waals surface area contributed by atoms with Gasteiger partial charge in [-0.05, 0) is 35.9 Å². The fraction of sp³-hybridized carbons (Fsp3) is 0. The van der Waals surface area contributed by atoms with E-state index in [1.807, 2.05) is 66.7 Å². The Morgan fingerprint density at radius 2 is 1.68 bits per heavy atom. The number of rotatable bonds is 4. The highest BCUT2D eigenvalue weighted by molar-refractivity contribution is 9.10. The van der Waals surface area contributed by atoms with E-state index in [0.29, 0.717) is 15.7 Å². The highest BCUT2D eigenvalue weighted by Crippen LogP contribution is 2.39. The Morgan fingerprint density at radius 1 is 0.929 bits per heavy atom. The van der Waals surface area contributed by atoms with Gasteiger partial charge in [-0.2, -0.15) is 0 Å². The van der Waals surface area contributed by atoms with Gasteiger partial charge in [0, 0.05) is 20.6 Å². The summed E-state index contributed by atoms with van der Waals surface area (Å²) in [5, 5.41) is 4.15. The molecule has 0 atom stereocenters. The summed E-state index contributed by atoms with van der Waals surface area (Å²) in [5.74, 6) is -0.197. The van der Waals surface area contributed by atoms with Crippen LogP contribution in [0.3, 0.4) is 0 Å². The van der Waals surface area contributed by atoms with Crippen LogP contribution < -0.4 is 5.32 Å². The third kappa shape index (κ3) is 4.17. The zero-order chi connectivity index (χ0) is 19.5. The molecule has 4 rings (SSSR count). The van der Waals surface area contributed by atoms with E-state index >= 15 is 0 Å². The molecule has 0 aliphatic heterocycles. The third-order valence-corrected chi connectivity index (χ3v) is 5.85. The van der Waals surface area contributed by atoms with Crippen molar-refractivity contribution < 1.29 is 4.79 Å². The molecule has 3 aromatic carbocycles. The van der Waals surface area contributed by atoms with Crippen molar-refractivity contribution >= 4 is 49.9 Å². The molecule has 0 fully saturated rings. The van der Waals surface area contributed by atoms with E-state index in [4.69, 9.17) is 16.6 Å². The molecule has 0 radical (unpaired) electrons. The fourth-order valence-electron chi connectivity index (χ4n) is 2.76. The van der Waals surface area contributed by atoms with Crippen LogP contribution >= 0.6 is 38.9 Å². The van der Waals surface area contributed by atoms with Crippen LogP contribution in [0, 0.1) is 0 Å². The summed E-state index contributed by atoms with van der Waals surface area (Å²) in [6, 6.07) is 24.8. The van der Waals surface area contributed by atoms with Gasteiger partial charge in [-0.1, -0.05) is 87.4 Å². The van der Waals surface area contributed by atoms with Crippen LogP contribution in [0.4, 0.5) is 5.13 Å². The van der Waals surface area contributed by atoms with Gasteiger partial charge in [0.15, 0.2) is 5.13 Å². The first kappa shape index (κ1) is 18.9. The lowest BCUT2D eigenvalue weighted by atomic mass is 10.1. The van der Waals surface area contributed by atoms with Gasteiger partial charge in [-0.3, -0.25) is 10.1 Å². The molecule has 3 nitrogen and oxygen atoms in total. The zero-order valence-corrected chi connectivity index (χ0v) is 17.7. The number of nitrogens with zero attached hydrogens (tertiary/aromatic N) is 1. The van der Waals surface area contributed by atoms with Gasteiger partial charge >= 0.3 is 0 Å². The highest BCUT2D eigenvalue weighted by Gasteiger charge is 2.17. The van der Waals surface area contributed by atoms with Crippen LogP contribution in [0.1, 0.15) is 10.4 Å². The Bertz CT molecular complexity index is 1130. The number of aromatic nitrogens is 1. The molecule has 0 spiro atoms. The average molecular weight is 470 g/mol. The molecule has 28 heavy (non-hydrogen) atoms. The fourth-order valence-corrected chi connectivity index (χ4v) is 4.27.